The number of fused-ring (bicyclic) bond motifs is 1. The molecule has 0 radical (unpaired) electrons. The van der Waals surface area contributed by atoms with Gasteiger partial charge in [-0.3, -0.25) is 4.79 Å². The number of aromatic nitrogens is 1. The van der Waals surface area contributed by atoms with E-state index in [1.54, 1.807) is 11.1 Å². The predicted molar refractivity (Wildman–Crippen MR) is 83.2 cm³/mol. The van der Waals surface area contributed by atoms with Crippen molar-refractivity contribution in [1.82, 2.24) is 9.88 Å². The molecule has 3 nitrogen and oxygen atoms in total. The van der Waals surface area contributed by atoms with Gasteiger partial charge in [0, 0.05) is 25.2 Å². The van der Waals surface area contributed by atoms with Gasteiger partial charge < -0.3 is 4.90 Å². The molecular weight excluding hydrogens is 272 g/mol. The second-order valence-corrected chi connectivity index (χ2v) is 5.30. The first-order chi connectivity index (χ1) is 9.65. The fourth-order valence-corrected chi connectivity index (χ4v) is 2.45. The Hall–Kier alpha value is -1.61. The van der Waals surface area contributed by atoms with Gasteiger partial charge >= 0.3 is 0 Å². The summed E-state index contributed by atoms with van der Waals surface area (Å²) in [5.74, 6) is 0.00136. The predicted octanol–water partition coefficient (Wildman–Crippen LogP) is 4.15. The van der Waals surface area contributed by atoms with Crippen LogP contribution in [0.3, 0.4) is 0 Å². The van der Waals surface area contributed by atoms with Gasteiger partial charge in [-0.05, 0) is 11.8 Å². The largest absolute Gasteiger partial charge is 0.342 e. The SMILES string of the molecule is CCCCCN(C)C(=O)c1cnc(Cl)c2ccccc12. The minimum absolute atomic E-state index is 0.00136. The maximum Gasteiger partial charge on any atom is 0.255 e. The topological polar surface area (TPSA) is 33.2 Å². The zero-order valence-electron chi connectivity index (χ0n) is 11.9. The van der Waals surface area contributed by atoms with Crippen LogP contribution in [0.25, 0.3) is 10.8 Å². The Morgan fingerprint density at radius 1 is 1.25 bits per heavy atom. The fraction of sp³-hybridized carbons (Fsp3) is 0.375. The van der Waals surface area contributed by atoms with E-state index in [4.69, 9.17) is 11.6 Å². The van der Waals surface area contributed by atoms with Gasteiger partial charge in [0.15, 0.2) is 0 Å². The molecule has 2 rings (SSSR count). The van der Waals surface area contributed by atoms with Gasteiger partial charge in [-0.25, -0.2) is 4.98 Å². The third-order valence-corrected chi connectivity index (χ3v) is 3.72. The summed E-state index contributed by atoms with van der Waals surface area (Å²) in [5, 5.41) is 2.12. The molecule has 0 N–H and O–H groups in total. The standard InChI is InChI=1S/C16H19ClN2O/c1-3-4-7-10-19(2)16(20)14-11-18-15(17)13-9-6-5-8-12(13)14/h5-6,8-9,11H,3-4,7,10H2,1-2H3. The maximum atomic E-state index is 12.5. The van der Waals surface area contributed by atoms with Gasteiger partial charge in [0.05, 0.1) is 5.56 Å². The van der Waals surface area contributed by atoms with Gasteiger partial charge in [-0.1, -0.05) is 55.6 Å². The Labute approximate surface area is 124 Å². The molecule has 1 amide bonds. The average Bonchev–Trinajstić information content (AvgIpc) is 2.47. The Bertz CT molecular complexity index is 612. The van der Waals surface area contributed by atoms with Gasteiger partial charge in [-0.2, -0.15) is 0 Å². The molecular formula is C16H19ClN2O. The van der Waals surface area contributed by atoms with E-state index in [9.17, 15) is 4.79 Å². The van der Waals surface area contributed by atoms with Crippen LogP contribution in [-0.4, -0.2) is 29.4 Å². The molecule has 2 aromatic rings. The zero-order chi connectivity index (χ0) is 14.5. The lowest BCUT2D eigenvalue weighted by atomic mass is 10.1. The first-order valence-electron chi connectivity index (χ1n) is 6.94. The van der Waals surface area contributed by atoms with Crippen molar-refractivity contribution in [2.45, 2.75) is 26.2 Å². The van der Waals surface area contributed by atoms with E-state index >= 15 is 0 Å². The molecule has 1 aromatic heterocycles. The lowest BCUT2D eigenvalue weighted by Gasteiger charge is -2.18. The van der Waals surface area contributed by atoms with Crippen molar-refractivity contribution < 1.29 is 4.79 Å². The van der Waals surface area contributed by atoms with Gasteiger partial charge in [0.25, 0.3) is 5.91 Å². The van der Waals surface area contributed by atoms with Crippen LogP contribution in [0.15, 0.2) is 30.5 Å². The van der Waals surface area contributed by atoms with Crippen molar-refractivity contribution >= 4 is 28.3 Å². The molecule has 1 heterocycles. The van der Waals surface area contributed by atoms with E-state index in [-0.39, 0.29) is 5.91 Å². The molecule has 0 spiro atoms. The number of rotatable bonds is 5. The van der Waals surface area contributed by atoms with Gasteiger partial charge in [0.1, 0.15) is 5.15 Å². The lowest BCUT2D eigenvalue weighted by molar-refractivity contribution is 0.0794. The second-order valence-electron chi connectivity index (χ2n) is 4.94. The highest BCUT2D eigenvalue weighted by atomic mass is 35.5. The summed E-state index contributed by atoms with van der Waals surface area (Å²) in [6.45, 7) is 2.92. The zero-order valence-corrected chi connectivity index (χ0v) is 12.7. The summed E-state index contributed by atoms with van der Waals surface area (Å²) >= 11 is 6.08. The average molecular weight is 291 g/mol. The summed E-state index contributed by atoms with van der Waals surface area (Å²) in [7, 11) is 1.83. The van der Waals surface area contributed by atoms with Crippen molar-refractivity contribution in [2.75, 3.05) is 13.6 Å². The minimum Gasteiger partial charge on any atom is -0.342 e. The number of benzene rings is 1. The minimum atomic E-state index is 0.00136. The molecule has 0 aliphatic carbocycles. The third-order valence-electron chi connectivity index (χ3n) is 3.42. The monoisotopic (exact) mass is 290 g/mol. The highest BCUT2D eigenvalue weighted by molar-refractivity contribution is 6.34. The number of unbranched alkanes of at least 4 members (excludes halogenated alkanes) is 2. The number of hydrogen-bond acceptors (Lipinski definition) is 2. The summed E-state index contributed by atoms with van der Waals surface area (Å²) < 4.78 is 0. The van der Waals surface area contributed by atoms with E-state index in [0.717, 1.165) is 36.6 Å². The molecule has 0 unspecified atom stereocenters. The van der Waals surface area contributed by atoms with Crippen molar-refractivity contribution in [3.8, 4) is 0 Å². The van der Waals surface area contributed by atoms with E-state index in [2.05, 4.69) is 11.9 Å². The number of halogens is 1. The summed E-state index contributed by atoms with van der Waals surface area (Å²) in [5.41, 5.74) is 0.615. The van der Waals surface area contributed by atoms with Crippen LogP contribution in [0.4, 0.5) is 0 Å². The third kappa shape index (κ3) is 3.10. The summed E-state index contributed by atoms with van der Waals surface area (Å²) in [4.78, 5) is 18.4. The quantitative estimate of drug-likeness (QED) is 0.612. The first kappa shape index (κ1) is 14.8. The molecule has 0 atom stereocenters. The molecule has 0 aliphatic rings. The van der Waals surface area contributed by atoms with Gasteiger partial charge in [-0.15, -0.1) is 0 Å². The molecule has 0 saturated heterocycles. The molecule has 1 aromatic carbocycles. The first-order valence-corrected chi connectivity index (χ1v) is 7.31. The number of amides is 1. The van der Waals surface area contributed by atoms with Crippen LogP contribution in [0.2, 0.25) is 5.15 Å². The smallest absolute Gasteiger partial charge is 0.255 e. The highest BCUT2D eigenvalue weighted by Crippen LogP contribution is 2.24. The van der Waals surface area contributed by atoms with Crippen molar-refractivity contribution in [3.63, 3.8) is 0 Å². The van der Waals surface area contributed by atoms with Crippen molar-refractivity contribution in [1.29, 1.82) is 0 Å². The van der Waals surface area contributed by atoms with Crippen LogP contribution in [0.1, 0.15) is 36.5 Å². The number of hydrogen-bond donors (Lipinski definition) is 0. The number of pyridine rings is 1. The molecule has 0 fully saturated rings. The van der Waals surface area contributed by atoms with E-state index in [1.165, 1.54) is 0 Å². The Morgan fingerprint density at radius 2 is 1.95 bits per heavy atom. The van der Waals surface area contributed by atoms with Crippen LogP contribution >= 0.6 is 11.6 Å². The van der Waals surface area contributed by atoms with E-state index in [0.29, 0.717) is 10.7 Å². The van der Waals surface area contributed by atoms with Crippen LogP contribution in [-0.2, 0) is 0 Å². The molecule has 4 heteroatoms. The Kier molecular flexibility index (Phi) is 4.96. The van der Waals surface area contributed by atoms with E-state index < -0.39 is 0 Å². The molecule has 0 bridgehead atoms. The van der Waals surface area contributed by atoms with Crippen molar-refractivity contribution in [2.24, 2.45) is 0 Å². The summed E-state index contributed by atoms with van der Waals surface area (Å²) in [6.07, 6.45) is 4.88. The maximum absolute atomic E-state index is 12.5. The summed E-state index contributed by atoms with van der Waals surface area (Å²) in [6, 6.07) is 7.61. The molecule has 0 aliphatic heterocycles. The van der Waals surface area contributed by atoms with Crippen molar-refractivity contribution in [3.05, 3.63) is 41.2 Å². The lowest BCUT2D eigenvalue weighted by Crippen LogP contribution is -2.28. The molecule has 0 saturated carbocycles. The van der Waals surface area contributed by atoms with Crippen LogP contribution in [0.5, 0.6) is 0 Å². The van der Waals surface area contributed by atoms with Gasteiger partial charge in [0.2, 0.25) is 0 Å². The normalized spacial score (nSPS) is 10.8. The van der Waals surface area contributed by atoms with Crippen LogP contribution in [0, 0.1) is 0 Å². The Morgan fingerprint density at radius 3 is 2.65 bits per heavy atom. The number of carbonyl (C=O) groups excluding carboxylic acids is 1. The number of nitrogens with zero attached hydrogens (tertiary/aromatic N) is 2. The van der Waals surface area contributed by atoms with Crippen LogP contribution < -0.4 is 0 Å². The number of carbonyl (C=O) groups is 1. The highest BCUT2D eigenvalue weighted by Gasteiger charge is 2.16. The second kappa shape index (κ2) is 6.71. The molecule has 20 heavy (non-hydrogen) atoms. The van der Waals surface area contributed by atoms with E-state index in [1.807, 2.05) is 31.3 Å². The molecule has 106 valence electrons. The Balaban J connectivity index is 2.28. The fourth-order valence-electron chi connectivity index (χ4n) is 2.23.